The lowest BCUT2D eigenvalue weighted by atomic mass is 9.99. The van der Waals surface area contributed by atoms with Crippen molar-refractivity contribution in [3.05, 3.63) is 0 Å². The molecule has 0 radical (unpaired) electrons. The first-order valence-electron chi connectivity index (χ1n) is 5.70. The molecule has 0 unspecified atom stereocenters. The molecule has 3 N–H and O–H groups in total. The minimum Gasteiger partial charge on any atom is -0.481 e. The molecule has 15 heavy (non-hydrogen) atoms. The van der Waals surface area contributed by atoms with E-state index >= 15 is 0 Å². The van der Waals surface area contributed by atoms with E-state index < -0.39 is 5.97 Å². The molecule has 0 amide bonds. The summed E-state index contributed by atoms with van der Waals surface area (Å²) in [6.45, 7) is 3.89. The lowest BCUT2D eigenvalue weighted by Crippen LogP contribution is -2.19. The fraction of sp³-hybridized carbons (Fsp3) is 0.909. The molecule has 0 bridgehead atoms. The summed E-state index contributed by atoms with van der Waals surface area (Å²) in [5.41, 5.74) is 0. The Morgan fingerprint density at radius 2 is 2.00 bits per heavy atom. The molecule has 0 aromatic carbocycles. The quantitative estimate of drug-likeness (QED) is 0.481. The van der Waals surface area contributed by atoms with E-state index in [0.717, 1.165) is 32.2 Å². The highest BCUT2D eigenvalue weighted by Gasteiger charge is 2.04. The summed E-state index contributed by atoms with van der Waals surface area (Å²) in [4.78, 5) is 10.3. The van der Waals surface area contributed by atoms with E-state index in [1.54, 1.807) is 0 Å². The third-order valence-electron chi connectivity index (χ3n) is 2.44. The second-order valence-corrected chi connectivity index (χ2v) is 4.01. The third-order valence-corrected chi connectivity index (χ3v) is 2.44. The van der Waals surface area contributed by atoms with Gasteiger partial charge in [0.05, 0.1) is 6.61 Å². The van der Waals surface area contributed by atoms with Crippen molar-refractivity contribution in [2.45, 2.75) is 39.0 Å². The highest BCUT2D eigenvalue weighted by Crippen LogP contribution is 2.13. The van der Waals surface area contributed by atoms with Gasteiger partial charge in [-0.05, 0) is 25.3 Å². The normalized spacial score (nSPS) is 12.7. The summed E-state index contributed by atoms with van der Waals surface area (Å²) in [5, 5.41) is 20.1. The Kier molecular flexibility index (Phi) is 9.52. The second-order valence-electron chi connectivity index (χ2n) is 4.01. The van der Waals surface area contributed by atoms with E-state index in [9.17, 15) is 4.79 Å². The lowest BCUT2D eigenvalue weighted by Gasteiger charge is -2.09. The Bertz CT molecular complexity index is 162. The van der Waals surface area contributed by atoms with Gasteiger partial charge in [0.2, 0.25) is 0 Å². The number of carboxylic acids is 1. The van der Waals surface area contributed by atoms with Gasteiger partial charge in [0.15, 0.2) is 0 Å². The Balaban J connectivity index is 3.16. The maximum absolute atomic E-state index is 10.3. The molecular weight excluding hydrogens is 194 g/mol. The van der Waals surface area contributed by atoms with E-state index in [1.165, 1.54) is 0 Å². The van der Waals surface area contributed by atoms with Crippen LogP contribution in [-0.2, 0) is 4.79 Å². The first-order chi connectivity index (χ1) is 7.16. The SMILES string of the molecule is C[C@@H](CCCCNCCO)CCC(=O)O. The zero-order valence-corrected chi connectivity index (χ0v) is 9.54. The fourth-order valence-electron chi connectivity index (χ4n) is 1.46. The van der Waals surface area contributed by atoms with Gasteiger partial charge in [-0.2, -0.15) is 0 Å². The monoisotopic (exact) mass is 217 g/mol. The number of hydrogen-bond acceptors (Lipinski definition) is 3. The predicted octanol–water partition coefficient (Wildman–Crippen LogP) is 1.24. The van der Waals surface area contributed by atoms with E-state index in [-0.39, 0.29) is 13.0 Å². The Labute approximate surface area is 91.7 Å². The van der Waals surface area contributed by atoms with Crippen molar-refractivity contribution in [2.24, 2.45) is 5.92 Å². The summed E-state index contributed by atoms with van der Waals surface area (Å²) in [5.74, 6) is -0.203. The summed E-state index contributed by atoms with van der Waals surface area (Å²) >= 11 is 0. The first-order valence-corrected chi connectivity index (χ1v) is 5.70. The highest BCUT2D eigenvalue weighted by atomic mass is 16.4. The molecule has 1 atom stereocenters. The Hall–Kier alpha value is -0.610. The van der Waals surface area contributed by atoms with Crippen molar-refractivity contribution in [3.8, 4) is 0 Å². The van der Waals surface area contributed by atoms with Crippen molar-refractivity contribution in [1.29, 1.82) is 0 Å². The molecule has 0 rings (SSSR count). The predicted molar refractivity (Wildman–Crippen MR) is 59.8 cm³/mol. The van der Waals surface area contributed by atoms with Gasteiger partial charge in [-0.3, -0.25) is 4.79 Å². The van der Waals surface area contributed by atoms with Crippen LogP contribution in [0, 0.1) is 5.92 Å². The van der Waals surface area contributed by atoms with Gasteiger partial charge < -0.3 is 15.5 Å². The number of unbranched alkanes of at least 4 members (excludes halogenated alkanes) is 1. The number of carboxylic acid groups (broad SMARTS) is 1. The molecule has 0 fully saturated rings. The minimum atomic E-state index is -0.702. The average Bonchev–Trinajstić information content (AvgIpc) is 2.20. The van der Waals surface area contributed by atoms with Gasteiger partial charge in [0.25, 0.3) is 0 Å². The van der Waals surface area contributed by atoms with Gasteiger partial charge in [-0.1, -0.05) is 19.8 Å². The fourth-order valence-corrected chi connectivity index (χ4v) is 1.46. The molecule has 0 aliphatic carbocycles. The molecule has 4 heteroatoms. The van der Waals surface area contributed by atoms with Crippen molar-refractivity contribution in [2.75, 3.05) is 19.7 Å². The number of nitrogens with one attached hydrogen (secondary N) is 1. The molecular formula is C11H23NO3. The molecule has 0 spiro atoms. The minimum absolute atomic E-state index is 0.189. The molecule has 0 aliphatic heterocycles. The molecule has 0 aliphatic rings. The largest absolute Gasteiger partial charge is 0.481 e. The van der Waals surface area contributed by atoms with Crippen LogP contribution in [0.2, 0.25) is 0 Å². The van der Waals surface area contributed by atoms with E-state index in [4.69, 9.17) is 10.2 Å². The van der Waals surface area contributed by atoms with Crippen molar-refractivity contribution < 1.29 is 15.0 Å². The van der Waals surface area contributed by atoms with Crippen LogP contribution in [0.1, 0.15) is 39.0 Å². The van der Waals surface area contributed by atoms with Crippen LogP contribution in [-0.4, -0.2) is 35.9 Å². The zero-order chi connectivity index (χ0) is 11.5. The molecule has 0 aromatic rings. The van der Waals surface area contributed by atoms with Gasteiger partial charge in [-0.15, -0.1) is 0 Å². The van der Waals surface area contributed by atoms with Gasteiger partial charge in [0.1, 0.15) is 0 Å². The summed E-state index contributed by atoms with van der Waals surface area (Å²) in [7, 11) is 0. The van der Waals surface area contributed by atoms with Crippen molar-refractivity contribution in [3.63, 3.8) is 0 Å². The number of aliphatic hydroxyl groups excluding tert-OH is 1. The average molecular weight is 217 g/mol. The highest BCUT2D eigenvalue weighted by molar-refractivity contribution is 5.66. The zero-order valence-electron chi connectivity index (χ0n) is 9.54. The molecule has 0 heterocycles. The molecule has 0 saturated heterocycles. The van der Waals surface area contributed by atoms with Crippen LogP contribution < -0.4 is 5.32 Å². The van der Waals surface area contributed by atoms with Crippen LogP contribution in [0.15, 0.2) is 0 Å². The number of aliphatic hydroxyl groups is 1. The maximum atomic E-state index is 10.3. The van der Waals surface area contributed by atoms with E-state index in [0.29, 0.717) is 12.5 Å². The Morgan fingerprint density at radius 1 is 1.27 bits per heavy atom. The molecule has 4 nitrogen and oxygen atoms in total. The van der Waals surface area contributed by atoms with Crippen LogP contribution in [0.3, 0.4) is 0 Å². The maximum Gasteiger partial charge on any atom is 0.303 e. The smallest absolute Gasteiger partial charge is 0.303 e. The van der Waals surface area contributed by atoms with Crippen molar-refractivity contribution >= 4 is 5.97 Å². The van der Waals surface area contributed by atoms with Crippen molar-refractivity contribution in [1.82, 2.24) is 5.32 Å². The Morgan fingerprint density at radius 3 is 2.60 bits per heavy atom. The van der Waals surface area contributed by atoms with Crippen LogP contribution in [0.5, 0.6) is 0 Å². The summed E-state index contributed by atoms with van der Waals surface area (Å²) < 4.78 is 0. The van der Waals surface area contributed by atoms with Gasteiger partial charge >= 0.3 is 5.97 Å². The van der Waals surface area contributed by atoms with Gasteiger partial charge in [-0.25, -0.2) is 0 Å². The number of rotatable bonds is 10. The first kappa shape index (κ1) is 14.4. The molecule has 0 aromatic heterocycles. The lowest BCUT2D eigenvalue weighted by molar-refractivity contribution is -0.137. The van der Waals surface area contributed by atoms with E-state index in [1.807, 2.05) is 0 Å². The van der Waals surface area contributed by atoms with Gasteiger partial charge in [0, 0.05) is 13.0 Å². The topological polar surface area (TPSA) is 69.6 Å². The number of hydrogen-bond donors (Lipinski definition) is 3. The second kappa shape index (κ2) is 9.93. The standard InChI is InChI=1S/C11H23NO3/c1-10(5-6-11(14)15)4-2-3-7-12-8-9-13/h10,12-13H,2-9H2,1H3,(H,14,15)/t10-/m0/s1. The van der Waals surface area contributed by atoms with Crippen LogP contribution >= 0.6 is 0 Å². The van der Waals surface area contributed by atoms with Crippen LogP contribution in [0.25, 0.3) is 0 Å². The molecule has 90 valence electrons. The number of aliphatic carboxylic acids is 1. The summed E-state index contributed by atoms with van der Waals surface area (Å²) in [6.07, 6.45) is 4.37. The number of carbonyl (C=O) groups is 1. The summed E-state index contributed by atoms with van der Waals surface area (Å²) in [6, 6.07) is 0. The molecule has 0 saturated carbocycles. The van der Waals surface area contributed by atoms with Crippen LogP contribution in [0.4, 0.5) is 0 Å². The van der Waals surface area contributed by atoms with E-state index in [2.05, 4.69) is 12.2 Å². The third kappa shape index (κ3) is 11.3.